The summed E-state index contributed by atoms with van der Waals surface area (Å²) in [5.74, 6) is -2.96. The molecule has 2 rings (SSSR count). The Balaban J connectivity index is 0.000000718. The summed E-state index contributed by atoms with van der Waals surface area (Å²) in [5.41, 5.74) is 6.56. The van der Waals surface area contributed by atoms with E-state index in [9.17, 15) is 18.0 Å². The van der Waals surface area contributed by atoms with Crippen LogP contribution in [-0.4, -0.2) is 72.9 Å². The fourth-order valence-corrected chi connectivity index (χ4v) is 3.71. The number of aromatic nitrogens is 1. The number of amides is 1. The van der Waals surface area contributed by atoms with E-state index < -0.39 is 12.1 Å². The molecular weight excluding hydrogens is 543 g/mol. The summed E-state index contributed by atoms with van der Waals surface area (Å²) in [6.07, 6.45) is -5.08. The fourth-order valence-electron chi connectivity index (χ4n) is 2.37. The van der Waals surface area contributed by atoms with E-state index in [0.29, 0.717) is 50.5 Å². The first kappa shape index (κ1) is 30.1. The van der Waals surface area contributed by atoms with Crippen molar-refractivity contribution in [2.75, 3.05) is 39.5 Å². The van der Waals surface area contributed by atoms with Crippen LogP contribution in [0, 0.1) is 0 Å². The molecule has 0 fully saturated rings. The molecular formula is C21H27BrF3N3O5S. The third kappa shape index (κ3) is 11.5. The van der Waals surface area contributed by atoms with Gasteiger partial charge in [-0.05, 0) is 24.3 Å². The highest BCUT2D eigenvalue weighted by molar-refractivity contribution is 9.10. The van der Waals surface area contributed by atoms with Gasteiger partial charge in [0, 0.05) is 33.1 Å². The standard InChI is InChI=1S/C19H26BrN3O3S.C2HF3O2/c1-13(2)27-18-12-17(23-16-4-3-14(20)11-15(16)18)19(24)22-6-8-26-10-9-25-7-5-21;3-2(4,5)1(6)7/h3-4,11-13H,5-10,21H2,1-2H3,(H,22,24);(H,6,7). The second kappa shape index (κ2) is 15.1. The Morgan fingerprint density at radius 3 is 2.35 bits per heavy atom. The summed E-state index contributed by atoms with van der Waals surface area (Å²) in [6.45, 7) is 7.11. The first-order valence-electron chi connectivity index (χ1n) is 10.2. The molecule has 1 heterocycles. The molecule has 13 heteroatoms. The highest BCUT2D eigenvalue weighted by atomic mass is 79.9. The van der Waals surface area contributed by atoms with Gasteiger partial charge in [0.05, 0.1) is 31.9 Å². The van der Waals surface area contributed by atoms with Gasteiger partial charge in [-0.25, -0.2) is 9.78 Å². The fraction of sp³-hybridized carbons (Fsp3) is 0.476. The van der Waals surface area contributed by atoms with Crippen molar-refractivity contribution in [2.24, 2.45) is 5.73 Å². The minimum atomic E-state index is -5.08. The minimum absolute atomic E-state index is 0.201. The number of nitrogens with two attached hydrogens (primary N) is 1. The van der Waals surface area contributed by atoms with Crippen LogP contribution in [-0.2, 0) is 14.3 Å². The quantitative estimate of drug-likeness (QED) is 0.275. The molecule has 0 aliphatic carbocycles. The number of nitrogens with zero attached hydrogens (tertiary/aromatic N) is 1. The van der Waals surface area contributed by atoms with Crippen molar-refractivity contribution in [2.45, 2.75) is 30.2 Å². The van der Waals surface area contributed by atoms with Crippen molar-refractivity contribution in [3.63, 3.8) is 0 Å². The summed E-state index contributed by atoms with van der Waals surface area (Å²) in [7, 11) is 0. The van der Waals surface area contributed by atoms with Crippen LogP contribution in [0.15, 0.2) is 33.6 Å². The molecule has 34 heavy (non-hydrogen) atoms. The lowest BCUT2D eigenvalue weighted by molar-refractivity contribution is -0.192. The lowest BCUT2D eigenvalue weighted by Gasteiger charge is -2.12. The van der Waals surface area contributed by atoms with E-state index >= 15 is 0 Å². The number of carboxylic acids is 1. The SMILES string of the molecule is CC(C)Sc1cc(C(=O)NCCOCCOCCN)nc2ccc(Br)cc12.O=C(O)C(F)(F)F. The van der Waals surface area contributed by atoms with Gasteiger partial charge in [-0.3, -0.25) is 4.79 Å². The number of carboxylic acid groups (broad SMARTS) is 1. The molecule has 1 aromatic heterocycles. The average molecular weight is 570 g/mol. The Kier molecular flexibility index (Phi) is 13.4. The number of nitrogens with one attached hydrogen (secondary N) is 1. The van der Waals surface area contributed by atoms with E-state index in [1.165, 1.54) is 0 Å². The molecule has 0 aliphatic rings. The summed E-state index contributed by atoms with van der Waals surface area (Å²) < 4.78 is 43.4. The molecule has 8 nitrogen and oxygen atoms in total. The van der Waals surface area contributed by atoms with Gasteiger partial charge in [0.1, 0.15) is 5.69 Å². The minimum Gasteiger partial charge on any atom is -0.475 e. The number of pyridine rings is 1. The molecule has 190 valence electrons. The van der Waals surface area contributed by atoms with Crippen molar-refractivity contribution < 1.29 is 37.3 Å². The van der Waals surface area contributed by atoms with Crippen LogP contribution in [0.5, 0.6) is 0 Å². The molecule has 1 aromatic carbocycles. The Morgan fingerprint density at radius 1 is 1.18 bits per heavy atom. The van der Waals surface area contributed by atoms with E-state index in [1.54, 1.807) is 11.8 Å². The number of hydrogen-bond donors (Lipinski definition) is 3. The van der Waals surface area contributed by atoms with E-state index in [1.807, 2.05) is 24.3 Å². The summed E-state index contributed by atoms with van der Waals surface area (Å²) >= 11 is 5.22. The van der Waals surface area contributed by atoms with Crippen LogP contribution in [0.1, 0.15) is 24.3 Å². The molecule has 0 saturated carbocycles. The topological polar surface area (TPSA) is 124 Å². The monoisotopic (exact) mass is 569 g/mol. The summed E-state index contributed by atoms with van der Waals surface area (Å²) in [6, 6.07) is 7.75. The molecule has 0 bridgehead atoms. The first-order valence-corrected chi connectivity index (χ1v) is 11.8. The molecule has 2 aromatic rings. The smallest absolute Gasteiger partial charge is 0.475 e. The summed E-state index contributed by atoms with van der Waals surface area (Å²) in [4.78, 5) is 26.9. The van der Waals surface area contributed by atoms with Crippen molar-refractivity contribution >= 4 is 50.5 Å². The second-order valence-electron chi connectivity index (χ2n) is 6.91. The maximum absolute atomic E-state index is 12.5. The lowest BCUT2D eigenvalue weighted by Crippen LogP contribution is -2.28. The van der Waals surface area contributed by atoms with Crippen molar-refractivity contribution in [1.29, 1.82) is 0 Å². The number of fused-ring (bicyclic) bond motifs is 1. The maximum Gasteiger partial charge on any atom is 0.490 e. The van der Waals surface area contributed by atoms with Gasteiger partial charge in [0.25, 0.3) is 5.91 Å². The Bertz CT molecular complexity index is 948. The third-order valence-corrected chi connectivity index (χ3v) is 5.29. The Labute approximate surface area is 207 Å². The van der Waals surface area contributed by atoms with E-state index in [2.05, 4.69) is 40.1 Å². The number of ether oxygens (including phenoxy) is 2. The maximum atomic E-state index is 12.5. The van der Waals surface area contributed by atoms with Gasteiger partial charge >= 0.3 is 12.1 Å². The largest absolute Gasteiger partial charge is 0.490 e. The number of alkyl halides is 3. The molecule has 0 atom stereocenters. The Hall–Kier alpha value is -1.93. The third-order valence-electron chi connectivity index (χ3n) is 3.74. The highest BCUT2D eigenvalue weighted by Gasteiger charge is 2.38. The van der Waals surface area contributed by atoms with Crippen LogP contribution in [0.4, 0.5) is 13.2 Å². The number of halogens is 4. The number of rotatable bonds is 11. The van der Waals surface area contributed by atoms with Gasteiger partial charge in [0.2, 0.25) is 0 Å². The molecule has 0 unspecified atom stereocenters. The van der Waals surface area contributed by atoms with Gasteiger partial charge < -0.3 is 25.6 Å². The van der Waals surface area contributed by atoms with Gasteiger partial charge in [-0.1, -0.05) is 29.8 Å². The Morgan fingerprint density at radius 2 is 1.79 bits per heavy atom. The molecule has 0 spiro atoms. The van der Waals surface area contributed by atoms with Gasteiger partial charge in [-0.15, -0.1) is 11.8 Å². The zero-order valence-corrected chi connectivity index (χ0v) is 21.1. The lowest BCUT2D eigenvalue weighted by atomic mass is 10.2. The molecule has 0 radical (unpaired) electrons. The molecule has 0 saturated heterocycles. The second-order valence-corrected chi connectivity index (χ2v) is 9.44. The number of carbonyl (C=O) groups is 2. The predicted molar refractivity (Wildman–Crippen MR) is 127 cm³/mol. The zero-order valence-electron chi connectivity index (χ0n) is 18.7. The molecule has 4 N–H and O–H groups in total. The normalized spacial score (nSPS) is 11.3. The van der Waals surface area contributed by atoms with E-state index in [0.717, 1.165) is 20.3 Å². The van der Waals surface area contributed by atoms with Crippen molar-refractivity contribution in [3.05, 3.63) is 34.4 Å². The highest BCUT2D eigenvalue weighted by Crippen LogP contribution is 2.32. The van der Waals surface area contributed by atoms with Crippen LogP contribution in [0.25, 0.3) is 10.9 Å². The molecule has 0 aliphatic heterocycles. The average Bonchev–Trinajstić information content (AvgIpc) is 2.75. The van der Waals surface area contributed by atoms with Crippen molar-refractivity contribution in [3.8, 4) is 0 Å². The van der Waals surface area contributed by atoms with E-state index in [-0.39, 0.29) is 5.91 Å². The number of aliphatic carboxylic acids is 1. The van der Waals surface area contributed by atoms with Crippen LogP contribution in [0.2, 0.25) is 0 Å². The zero-order chi connectivity index (χ0) is 25.7. The van der Waals surface area contributed by atoms with Gasteiger partial charge in [-0.2, -0.15) is 13.2 Å². The van der Waals surface area contributed by atoms with Crippen molar-refractivity contribution in [1.82, 2.24) is 10.3 Å². The van der Waals surface area contributed by atoms with Crippen LogP contribution >= 0.6 is 27.7 Å². The number of carbonyl (C=O) groups excluding carboxylic acids is 1. The first-order chi connectivity index (χ1) is 16.0. The number of thioether (sulfide) groups is 1. The molecule has 1 amide bonds. The predicted octanol–water partition coefficient (Wildman–Crippen LogP) is 3.85. The van der Waals surface area contributed by atoms with Crippen LogP contribution in [0.3, 0.4) is 0 Å². The number of hydrogen-bond acceptors (Lipinski definition) is 7. The summed E-state index contributed by atoms with van der Waals surface area (Å²) in [5, 5.41) is 11.4. The van der Waals surface area contributed by atoms with Gasteiger partial charge in [0.15, 0.2) is 0 Å². The van der Waals surface area contributed by atoms with E-state index in [4.69, 9.17) is 25.1 Å². The number of benzene rings is 1. The van der Waals surface area contributed by atoms with Crippen LogP contribution < -0.4 is 11.1 Å².